The number of esters is 1. The molecule has 2 heterocycles. The highest BCUT2D eigenvalue weighted by atomic mass is 79.9. The van der Waals surface area contributed by atoms with E-state index in [-0.39, 0.29) is 23.8 Å². The van der Waals surface area contributed by atoms with Crippen LogP contribution in [0.2, 0.25) is 0 Å². The highest BCUT2D eigenvalue weighted by molar-refractivity contribution is 9.11. The molecular formula is C24H18Br2N2O6. The molecule has 1 aliphatic heterocycles. The van der Waals surface area contributed by atoms with Crippen LogP contribution in [0.5, 0.6) is 5.75 Å². The molecule has 0 unspecified atom stereocenters. The van der Waals surface area contributed by atoms with Crippen LogP contribution >= 0.6 is 31.9 Å². The lowest BCUT2D eigenvalue weighted by atomic mass is 10.2. The van der Waals surface area contributed by atoms with Crippen LogP contribution in [0.1, 0.15) is 27.4 Å². The number of nitrogens with one attached hydrogen (secondary N) is 1. The predicted octanol–water partition coefficient (Wildman–Crippen LogP) is 5.26. The van der Waals surface area contributed by atoms with Crippen LogP contribution in [0.3, 0.4) is 0 Å². The average Bonchev–Trinajstić information content (AvgIpc) is 3.39. The largest absolute Gasteiger partial charge is 0.487 e. The zero-order valence-electron chi connectivity index (χ0n) is 17.8. The molecule has 0 spiro atoms. The van der Waals surface area contributed by atoms with E-state index < -0.39 is 17.9 Å². The van der Waals surface area contributed by atoms with Crippen molar-refractivity contribution in [2.24, 2.45) is 0 Å². The van der Waals surface area contributed by atoms with Crippen molar-refractivity contribution in [1.29, 1.82) is 0 Å². The second-order valence-corrected chi connectivity index (χ2v) is 8.93. The van der Waals surface area contributed by atoms with Gasteiger partial charge in [-0.2, -0.15) is 0 Å². The molecule has 1 saturated heterocycles. The second-order valence-electron chi connectivity index (χ2n) is 7.22. The highest BCUT2D eigenvalue weighted by Crippen LogP contribution is 2.36. The van der Waals surface area contributed by atoms with Gasteiger partial charge in [-0.1, -0.05) is 30.3 Å². The number of benzene rings is 2. The van der Waals surface area contributed by atoms with Crippen LogP contribution < -0.4 is 10.1 Å². The van der Waals surface area contributed by atoms with Gasteiger partial charge in [0.25, 0.3) is 5.91 Å². The Morgan fingerprint density at radius 1 is 1.09 bits per heavy atom. The number of ether oxygens (including phenoxy) is 2. The first-order valence-corrected chi connectivity index (χ1v) is 11.6. The summed E-state index contributed by atoms with van der Waals surface area (Å²) >= 11 is 7.01. The fourth-order valence-electron chi connectivity index (χ4n) is 3.24. The van der Waals surface area contributed by atoms with E-state index in [1.165, 1.54) is 19.2 Å². The number of rotatable bonds is 7. The molecule has 1 aliphatic rings. The molecule has 8 nitrogen and oxygen atoms in total. The summed E-state index contributed by atoms with van der Waals surface area (Å²) < 4.78 is 17.2. The van der Waals surface area contributed by atoms with Crippen molar-refractivity contribution in [1.82, 2.24) is 10.2 Å². The molecule has 34 heavy (non-hydrogen) atoms. The third-order valence-corrected chi connectivity index (χ3v) is 6.06. The first-order valence-electron chi connectivity index (χ1n) is 10.0. The molecule has 3 amide bonds. The number of carbonyl (C=O) groups excluding carboxylic acids is 3. The van der Waals surface area contributed by atoms with Crippen molar-refractivity contribution in [3.8, 4) is 5.75 Å². The summed E-state index contributed by atoms with van der Waals surface area (Å²) in [4.78, 5) is 37.7. The van der Waals surface area contributed by atoms with Crippen LogP contribution in [0.15, 0.2) is 73.7 Å². The second kappa shape index (κ2) is 10.3. The number of carbonyl (C=O) groups is 3. The summed E-state index contributed by atoms with van der Waals surface area (Å²) in [6.07, 6.45) is 1.57. The number of furan rings is 1. The minimum atomic E-state index is -0.642. The molecule has 3 aromatic rings. The van der Waals surface area contributed by atoms with E-state index >= 15 is 0 Å². The van der Waals surface area contributed by atoms with Gasteiger partial charge in [0, 0.05) is 0 Å². The van der Waals surface area contributed by atoms with E-state index in [1.54, 1.807) is 18.2 Å². The maximum absolute atomic E-state index is 12.8. The Bertz CT molecular complexity index is 1260. The van der Waals surface area contributed by atoms with Crippen LogP contribution in [0.25, 0.3) is 6.08 Å². The van der Waals surface area contributed by atoms with Crippen molar-refractivity contribution < 1.29 is 28.3 Å². The highest BCUT2D eigenvalue weighted by Gasteiger charge is 2.34. The van der Waals surface area contributed by atoms with Gasteiger partial charge in [-0.15, -0.1) is 0 Å². The van der Waals surface area contributed by atoms with E-state index in [2.05, 4.69) is 41.9 Å². The zero-order chi connectivity index (χ0) is 24.2. The monoisotopic (exact) mass is 588 g/mol. The molecule has 174 valence electrons. The number of urea groups is 1. The number of imide groups is 1. The van der Waals surface area contributed by atoms with Crippen LogP contribution in [-0.4, -0.2) is 29.9 Å². The lowest BCUT2D eigenvalue weighted by Crippen LogP contribution is -2.30. The summed E-state index contributed by atoms with van der Waals surface area (Å²) in [7, 11) is 1.23. The average molecular weight is 590 g/mol. The number of methoxy groups -OCH3 is 1. The molecule has 0 bridgehead atoms. The molecular weight excluding hydrogens is 572 g/mol. The smallest absolute Gasteiger partial charge is 0.373 e. The van der Waals surface area contributed by atoms with Gasteiger partial charge in [0.1, 0.15) is 23.8 Å². The van der Waals surface area contributed by atoms with E-state index in [0.717, 1.165) is 10.5 Å². The third-order valence-electron chi connectivity index (χ3n) is 4.88. The number of amides is 3. The number of nitrogens with zero attached hydrogens (tertiary/aromatic N) is 1. The molecule has 0 aliphatic carbocycles. The fraction of sp³-hybridized carbons (Fsp3) is 0.125. The molecule has 0 radical (unpaired) electrons. The molecule has 4 rings (SSSR count). The minimum Gasteiger partial charge on any atom is -0.487 e. The van der Waals surface area contributed by atoms with E-state index in [9.17, 15) is 14.4 Å². The quantitative estimate of drug-likeness (QED) is 0.229. The van der Waals surface area contributed by atoms with Gasteiger partial charge in [0.05, 0.1) is 22.6 Å². The van der Waals surface area contributed by atoms with Crippen LogP contribution in [-0.2, 0) is 22.7 Å². The Kier molecular flexibility index (Phi) is 7.18. The Balaban J connectivity index is 1.48. The van der Waals surface area contributed by atoms with Gasteiger partial charge in [-0.3, -0.25) is 9.69 Å². The fourth-order valence-corrected chi connectivity index (χ4v) is 4.69. The molecule has 0 saturated carbocycles. The normalized spacial score (nSPS) is 14.4. The first-order chi connectivity index (χ1) is 16.4. The van der Waals surface area contributed by atoms with Crippen molar-refractivity contribution in [2.45, 2.75) is 13.2 Å². The summed E-state index contributed by atoms with van der Waals surface area (Å²) in [5, 5.41) is 2.57. The number of hydrogen-bond acceptors (Lipinski definition) is 6. The topological polar surface area (TPSA) is 98.1 Å². The Morgan fingerprint density at radius 3 is 2.47 bits per heavy atom. The third kappa shape index (κ3) is 5.23. The lowest BCUT2D eigenvalue weighted by Gasteiger charge is -2.12. The van der Waals surface area contributed by atoms with Crippen molar-refractivity contribution in [2.75, 3.05) is 7.11 Å². The van der Waals surface area contributed by atoms with Crippen molar-refractivity contribution >= 4 is 55.8 Å². The number of halogens is 2. The minimum absolute atomic E-state index is 0.00964. The summed E-state index contributed by atoms with van der Waals surface area (Å²) in [6, 6.07) is 15.7. The van der Waals surface area contributed by atoms with Gasteiger partial charge < -0.3 is 19.2 Å². The zero-order valence-corrected chi connectivity index (χ0v) is 21.0. The summed E-state index contributed by atoms with van der Waals surface area (Å²) in [5.74, 6) is -0.275. The predicted molar refractivity (Wildman–Crippen MR) is 130 cm³/mol. The molecule has 1 aromatic heterocycles. The molecule has 2 aromatic carbocycles. The Morgan fingerprint density at radius 2 is 1.79 bits per heavy atom. The molecule has 1 fully saturated rings. The lowest BCUT2D eigenvalue weighted by molar-refractivity contribution is -0.123. The van der Waals surface area contributed by atoms with Gasteiger partial charge in [-0.05, 0) is 73.3 Å². The van der Waals surface area contributed by atoms with Crippen LogP contribution in [0.4, 0.5) is 4.79 Å². The van der Waals surface area contributed by atoms with Crippen molar-refractivity contribution in [3.05, 3.63) is 91.9 Å². The van der Waals surface area contributed by atoms with E-state index in [0.29, 0.717) is 26.9 Å². The van der Waals surface area contributed by atoms with E-state index in [4.69, 9.17) is 9.15 Å². The Hall–Kier alpha value is -3.37. The van der Waals surface area contributed by atoms with Crippen LogP contribution in [0, 0.1) is 0 Å². The molecule has 0 atom stereocenters. The van der Waals surface area contributed by atoms with Gasteiger partial charge in [0.15, 0.2) is 0 Å². The van der Waals surface area contributed by atoms with Gasteiger partial charge in [0.2, 0.25) is 5.76 Å². The maximum atomic E-state index is 12.8. The summed E-state index contributed by atoms with van der Waals surface area (Å²) in [5.41, 5.74) is 1.81. The molecule has 1 N–H and O–H groups in total. The van der Waals surface area contributed by atoms with E-state index in [1.807, 2.05) is 30.3 Å². The molecule has 10 heteroatoms. The SMILES string of the molecule is COC(=O)c1ccc(CN2C(=O)N/C(=C\c3cc(Br)c(OCc4ccccc4)c(Br)c3)C2=O)o1. The summed E-state index contributed by atoms with van der Waals surface area (Å²) in [6.45, 7) is 0.269. The van der Waals surface area contributed by atoms with Crippen molar-refractivity contribution in [3.63, 3.8) is 0 Å². The first kappa shape index (κ1) is 23.8. The van der Waals surface area contributed by atoms with Gasteiger partial charge >= 0.3 is 12.0 Å². The Labute approximate surface area is 211 Å². The standard InChI is InChI=1S/C24H18Br2N2O6/c1-32-23(30)20-8-7-16(34-20)12-28-22(29)19(27-24(28)31)11-15-9-17(25)21(18(26)10-15)33-13-14-5-3-2-4-6-14/h2-11H,12-13H2,1H3,(H,27,31)/b19-11-. The van der Waals surface area contributed by atoms with Gasteiger partial charge in [-0.25, -0.2) is 9.59 Å². The number of hydrogen-bond donors (Lipinski definition) is 1. The maximum Gasteiger partial charge on any atom is 0.373 e.